The maximum absolute atomic E-state index is 13.5. The minimum atomic E-state index is -0.498. The summed E-state index contributed by atoms with van der Waals surface area (Å²) in [7, 11) is 1.52. The summed E-state index contributed by atoms with van der Waals surface area (Å²) in [5.74, 6) is 0.292. The lowest BCUT2D eigenvalue weighted by Gasteiger charge is -2.22. The van der Waals surface area contributed by atoms with E-state index in [9.17, 15) is 14.0 Å². The minimum absolute atomic E-state index is 0.0540. The van der Waals surface area contributed by atoms with Crippen molar-refractivity contribution in [2.75, 3.05) is 27.1 Å². The topological polar surface area (TPSA) is 80.9 Å². The molecular formula is C21H19FN2O5. The van der Waals surface area contributed by atoms with Crippen molar-refractivity contribution < 1.29 is 23.4 Å². The first-order valence-corrected chi connectivity index (χ1v) is 9.04. The molecule has 0 atom stereocenters. The number of methoxy groups -OCH3 is 1. The fourth-order valence-corrected chi connectivity index (χ4v) is 3.22. The van der Waals surface area contributed by atoms with E-state index in [0.29, 0.717) is 22.6 Å². The molecule has 0 unspecified atom stereocenters. The van der Waals surface area contributed by atoms with Crippen molar-refractivity contribution in [3.63, 3.8) is 0 Å². The SMILES string of the molecule is COCCN(Cc1cc2cc3c(cc2[nH]c1=O)OCO3)C(=O)c1cccc(F)c1. The molecule has 0 fully saturated rings. The number of fused-ring (bicyclic) bond motifs is 2. The van der Waals surface area contributed by atoms with Crippen LogP contribution in [0.25, 0.3) is 10.9 Å². The summed E-state index contributed by atoms with van der Waals surface area (Å²) in [5, 5.41) is 0.758. The van der Waals surface area contributed by atoms with Crippen LogP contribution in [0.5, 0.6) is 11.5 Å². The van der Waals surface area contributed by atoms with Gasteiger partial charge in [0.05, 0.1) is 18.7 Å². The van der Waals surface area contributed by atoms with E-state index in [0.717, 1.165) is 5.39 Å². The van der Waals surface area contributed by atoms with Gasteiger partial charge in [0.1, 0.15) is 5.82 Å². The number of amides is 1. The van der Waals surface area contributed by atoms with Crippen molar-refractivity contribution in [2.45, 2.75) is 6.54 Å². The Morgan fingerprint density at radius 2 is 2.00 bits per heavy atom. The van der Waals surface area contributed by atoms with E-state index in [4.69, 9.17) is 14.2 Å². The van der Waals surface area contributed by atoms with Gasteiger partial charge in [-0.05, 0) is 30.3 Å². The van der Waals surface area contributed by atoms with Crippen LogP contribution in [-0.2, 0) is 11.3 Å². The third kappa shape index (κ3) is 3.93. The number of carbonyl (C=O) groups excluding carboxylic acids is 1. The first kappa shape index (κ1) is 18.9. The van der Waals surface area contributed by atoms with Gasteiger partial charge in [-0.25, -0.2) is 4.39 Å². The molecule has 2 heterocycles. The molecule has 8 heteroatoms. The number of benzene rings is 2. The number of nitrogens with zero attached hydrogens (tertiary/aromatic N) is 1. The fourth-order valence-electron chi connectivity index (χ4n) is 3.22. The van der Waals surface area contributed by atoms with Gasteiger partial charge in [-0.15, -0.1) is 0 Å². The average Bonchev–Trinajstić information content (AvgIpc) is 3.16. The molecule has 1 N–H and O–H groups in total. The van der Waals surface area contributed by atoms with Crippen LogP contribution in [0.2, 0.25) is 0 Å². The van der Waals surface area contributed by atoms with Crippen molar-refractivity contribution in [3.8, 4) is 11.5 Å². The van der Waals surface area contributed by atoms with E-state index in [1.54, 1.807) is 18.2 Å². The Balaban J connectivity index is 1.67. The molecule has 1 aliphatic heterocycles. The quantitative estimate of drug-likeness (QED) is 0.691. The highest BCUT2D eigenvalue weighted by Gasteiger charge is 2.20. The number of hydrogen-bond donors (Lipinski definition) is 1. The van der Waals surface area contributed by atoms with Crippen LogP contribution in [0, 0.1) is 5.82 Å². The molecule has 29 heavy (non-hydrogen) atoms. The Morgan fingerprint density at radius 3 is 2.76 bits per heavy atom. The lowest BCUT2D eigenvalue weighted by molar-refractivity contribution is 0.0679. The van der Waals surface area contributed by atoms with E-state index >= 15 is 0 Å². The third-order valence-electron chi connectivity index (χ3n) is 4.70. The molecule has 0 saturated carbocycles. The number of aromatic nitrogens is 1. The molecule has 1 amide bonds. The predicted octanol–water partition coefficient (Wildman–Crippen LogP) is 2.68. The van der Waals surface area contributed by atoms with Crippen molar-refractivity contribution >= 4 is 16.8 Å². The van der Waals surface area contributed by atoms with Crippen molar-refractivity contribution in [3.05, 3.63) is 69.8 Å². The van der Waals surface area contributed by atoms with E-state index < -0.39 is 5.82 Å². The number of hydrogen-bond acceptors (Lipinski definition) is 5. The molecule has 3 aromatic rings. The molecular weight excluding hydrogens is 379 g/mol. The minimum Gasteiger partial charge on any atom is -0.454 e. The number of halogens is 1. The molecule has 2 aromatic carbocycles. The van der Waals surface area contributed by atoms with Crippen molar-refractivity contribution in [1.82, 2.24) is 9.88 Å². The molecule has 4 rings (SSSR count). The number of nitrogens with one attached hydrogen (secondary N) is 1. The molecule has 150 valence electrons. The van der Waals surface area contributed by atoms with Gasteiger partial charge in [-0.1, -0.05) is 6.07 Å². The van der Waals surface area contributed by atoms with E-state index in [-0.39, 0.29) is 43.5 Å². The van der Waals surface area contributed by atoms with E-state index in [2.05, 4.69) is 4.98 Å². The number of pyridine rings is 1. The lowest BCUT2D eigenvalue weighted by Crippen LogP contribution is -2.35. The molecule has 0 spiro atoms. The summed E-state index contributed by atoms with van der Waals surface area (Å²) < 4.78 is 29.4. The number of rotatable bonds is 6. The highest BCUT2D eigenvalue weighted by Crippen LogP contribution is 2.35. The second-order valence-electron chi connectivity index (χ2n) is 6.65. The summed E-state index contributed by atoms with van der Waals surface area (Å²) in [6, 6.07) is 10.7. The summed E-state index contributed by atoms with van der Waals surface area (Å²) in [5.41, 5.74) is 0.910. The van der Waals surface area contributed by atoms with Gasteiger partial charge in [0.15, 0.2) is 11.5 Å². The predicted molar refractivity (Wildman–Crippen MR) is 104 cm³/mol. The number of ether oxygens (including phenoxy) is 3. The monoisotopic (exact) mass is 398 g/mol. The highest BCUT2D eigenvalue weighted by molar-refractivity contribution is 5.94. The van der Waals surface area contributed by atoms with Gasteiger partial charge in [0, 0.05) is 36.2 Å². The van der Waals surface area contributed by atoms with Crippen LogP contribution < -0.4 is 15.0 Å². The summed E-state index contributed by atoms with van der Waals surface area (Å²) in [4.78, 5) is 29.8. The number of carbonyl (C=O) groups is 1. The first-order valence-electron chi connectivity index (χ1n) is 9.04. The molecule has 7 nitrogen and oxygen atoms in total. The van der Waals surface area contributed by atoms with Gasteiger partial charge in [0.25, 0.3) is 11.5 Å². The number of H-pyrrole nitrogens is 1. The zero-order chi connectivity index (χ0) is 20.4. The van der Waals surface area contributed by atoms with Crippen LogP contribution in [-0.4, -0.2) is 42.8 Å². The summed E-state index contributed by atoms with van der Waals surface area (Å²) in [6.45, 7) is 0.726. The average molecular weight is 398 g/mol. The molecule has 0 aliphatic carbocycles. The van der Waals surface area contributed by atoms with Crippen LogP contribution in [0.1, 0.15) is 15.9 Å². The van der Waals surface area contributed by atoms with Crippen LogP contribution in [0.3, 0.4) is 0 Å². The van der Waals surface area contributed by atoms with Crippen molar-refractivity contribution in [2.24, 2.45) is 0 Å². The largest absolute Gasteiger partial charge is 0.454 e. The Hall–Kier alpha value is -3.39. The third-order valence-corrected chi connectivity index (χ3v) is 4.70. The van der Waals surface area contributed by atoms with E-state index in [1.165, 1.54) is 36.3 Å². The van der Waals surface area contributed by atoms with E-state index in [1.807, 2.05) is 0 Å². The molecule has 0 radical (unpaired) electrons. The number of aromatic amines is 1. The van der Waals surface area contributed by atoms with Gasteiger partial charge in [0.2, 0.25) is 6.79 Å². The van der Waals surface area contributed by atoms with Gasteiger partial charge in [-0.3, -0.25) is 9.59 Å². The van der Waals surface area contributed by atoms with Gasteiger partial charge < -0.3 is 24.1 Å². The van der Waals surface area contributed by atoms with Crippen LogP contribution >= 0.6 is 0 Å². The maximum Gasteiger partial charge on any atom is 0.254 e. The van der Waals surface area contributed by atoms with Crippen LogP contribution in [0.4, 0.5) is 4.39 Å². The Kier molecular flexibility index (Phi) is 5.18. The Bertz CT molecular complexity index is 1130. The highest BCUT2D eigenvalue weighted by atomic mass is 19.1. The molecule has 0 bridgehead atoms. The zero-order valence-electron chi connectivity index (χ0n) is 15.7. The molecule has 0 saturated heterocycles. The molecule has 1 aliphatic rings. The van der Waals surface area contributed by atoms with Crippen molar-refractivity contribution in [1.29, 1.82) is 0 Å². The summed E-state index contributed by atoms with van der Waals surface area (Å²) >= 11 is 0. The Morgan fingerprint density at radius 1 is 1.21 bits per heavy atom. The van der Waals surface area contributed by atoms with Gasteiger partial charge >= 0.3 is 0 Å². The zero-order valence-corrected chi connectivity index (χ0v) is 15.7. The summed E-state index contributed by atoms with van der Waals surface area (Å²) in [6.07, 6.45) is 0. The standard InChI is InChI=1S/C21H19FN2O5/c1-27-6-5-24(21(26)13-3-2-4-16(22)8-13)11-15-7-14-9-18-19(29-12-28-18)10-17(14)23-20(15)25/h2-4,7-10H,5-6,11-12H2,1H3,(H,23,25). The Labute approximate surface area is 165 Å². The molecule has 1 aromatic heterocycles. The van der Waals surface area contributed by atoms with Gasteiger partial charge in [-0.2, -0.15) is 0 Å². The second kappa shape index (κ2) is 7.92. The normalized spacial score (nSPS) is 12.3. The van der Waals surface area contributed by atoms with Crippen LogP contribution in [0.15, 0.2) is 47.3 Å². The fraction of sp³-hybridized carbons (Fsp3) is 0.238. The maximum atomic E-state index is 13.5. The lowest BCUT2D eigenvalue weighted by atomic mass is 10.1. The smallest absolute Gasteiger partial charge is 0.254 e. The first-order chi connectivity index (χ1) is 14.0. The second-order valence-corrected chi connectivity index (χ2v) is 6.65.